The van der Waals surface area contributed by atoms with Crippen molar-refractivity contribution in [1.82, 2.24) is 4.31 Å². The van der Waals surface area contributed by atoms with E-state index in [4.69, 9.17) is 16.7 Å². The van der Waals surface area contributed by atoms with Crippen molar-refractivity contribution in [2.75, 3.05) is 25.2 Å². The highest BCUT2D eigenvalue weighted by molar-refractivity contribution is 7.89. The number of halogens is 1. The molecule has 0 saturated carbocycles. The van der Waals surface area contributed by atoms with E-state index in [2.05, 4.69) is 0 Å². The molecule has 0 aliphatic rings. The Kier molecular flexibility index (Phi) is 6.68. The Labute approximate surface area is 90.9 Å². The van der Waals surface area contributed by atoms with Gasteiger partial charge in [0.25, 0.3) is 0 Å². The second kappa shape index (κ2) is 6.61. The molecule has 0 aromatic carbocycles. The van der Waals surface area contributed by atoms with Gasteiger partial charge in [-0.1, -0.05) is 0 Å². The maximum absolute atomic E-state index is 11.5. The molecule has 0 aromatic rings. The van der Waals surface area contributed by atoms with E-state index in [-0.39, 0.29) is 5.75 Å². The standard InChI is InChI=1S/C8H18ClNO3S/c1-8(11)4-6-10(2)14(12,13)7-3-5-9/h8,11H,3-7H2,1-2H3. The van der Waals surface area contributed by atoms with E-state index < -0.39 is 16.1 Å². The van der Waals surface area contributed by atoms with Crippen molar-refractivity contribution in [2.24, 2.45) is 0 Å². The van der Waals surface area contributed by atoms with E-state index in [9.17, 15) is 8.42 Å². The molecule has 4 nitrogen and oxygen atoms in total. The fourth-order valence-electron chi connectivity index (χ4n) is 0.901. The Morgan fingerprint density at radius 1 is 1.50 bits per heavy atom. The minimum Gasteiger partial charge on any atom is -0.393 e. The smallest absolute Gasteiger partial charge is 0.213 e. The lowest BCUT2D eigenvalue weighted by atomic mass is 10.3. The highest BCUT2D eigenvalue weighted by Gasteiger charge is 2.16. The molecule has 0 rings (SSSR count). The summed E-state index contributed by atoms with van der Waals surface area (Å²) in [6.45, 7) is 1.99. The SMILES string of the molecule is CC(O)CCN(C)S(=O)(=O)CCCCl. The van der Waals surface area contributed by atoms with Gasteiger partial charge in [-0.05, 0) is 19.8 Å². The molecule has 14 heavy (non-hydrogen) atoms. The van der Waals surface area contributed by atoms with Gasteiger partial charge in [-0.15, -0.1) is 11.6 Å². The second-order valence-electron chi connectivity index (χ2n) is 3.32. The molecule has 0 aliphatic carbocycles. The molecular weight excluding hydrogens is 226 g/mol. The molecular formula is C8H18ClNO3S. The summed E-state index contributed by atoms with van der Waals surface area (Å²) in [4.78, 5) is 0. The first-order chi connectivity index (χ1) is 6.40. The second-order valence-corrected chi connectivity index (χ2v) is 5.89. The molecule has 0 fully saturated rings. The van der Waals surface area contributed by atoms with Crippen LogP contribution in [-0.2, 0) is 10.0 Å². The van der Waals surface area contributed by atoms with E-state index in [0.29, 0.717) is 25.3 Å². The summed E-state index contributed by atoms with van der Waals surface area (Å²) in [5.74, 6) is 0.427. The molecule has 1 N–H and O–H groups in total. The lowest BCUT2D eigenvalue weighted by molar-refractivity contribution is 0.177. The van der Waals surface area contributed by atoms with Crippen molar-refractivity contribution in [3.63, 3.8) is 0 Å². The number of aliphatic hydroxyl groups excluding tert-OH is 1. The summed E-state index contributed by atoms with van der Waals surface area (Å²) < 4.78 is 24.2. The minimum atomic E-state index is -3.18. The molecule has 0 heterocycles. The van der Waals surface area contributed by atoms with Crippen LogP contribution < -0.4 is 0 Å². The van der Waals surface area contributed by atoms with E-state index in [0.717, 1.165) is 0 Å². The molecule has 0 aromatic heterocycles. The summed E-state index contributed by atoms with van der Waals surface area (Å²) in [5.41, 5.74) is 0. The highest BCUT2D eigenvalue weighted by Crippen LogP contribution is 2.03. The molecule has 0 radical (unpaired) electrons. The van der Waals surface area contributed by atoms with Crippen molar-refractivity contribution < 1.29 is 13.5 Å². The molecule has 1 unspecified atom stereocenters. The van der Waals surface area contributed by atoms with Crippen molar-refractivity contribution in [1.29, 1.82) is 0 Å². The van der Waals surface area contributed by atoms with Crippen LogP contribution >= 0.6 is 11.6 Å². The summed E-state index contributed by atoms with van der Waals surface area (Å²) in [5, 5.41) is 9.00. The first kappa shape index (κ1) is 14.2. The van der Waals surface area contributed by atoms with Gasteiger partial charge in [-0.2, -0.15) is 0 Å². The quantitative estimate of drug-likeness (QED) is 0.668. The summed E-state index contributed by atoms with van der Waals surface area (Å²) >= 11 is 5.42. The average Bonchev–Trinajstić information content (AvgIpc) is 2.10. The Morgan fingerprint density at radius 3 is 2.50 bits per heavy atom. The normalized spacial score (nSPS) is 14.6. The van der Waals surface area contributed by atoms with Gasteiger partial charge in [0.15, 0.2) is 0 Å². The van der Waals surface area contributed by atoms with Gasteiger partial charge < -0.3 is 5.11 Å². The molecule has 0 amide bonds. The third kappa shape index (κ3) is 5.80. The van der Waals surface area contributed by atoms with Crippen LogP contribution in [-0.4, -0.2) is 49.2 Å². The Hall–Kier alpha value is 0.160. The first-order valence-electron chi connectivity index (χ1n) is 4.58. The van der Waals surface area contributed by atoms with Crippen molar-refractivity contribution >= 4 is 21.6 Å². The molecule has 1 atom stereocenters. The monoisotopic (exact) mass is 243 g/mol. The molecule has 0 bridgehead atoms. The predicted molar refractivity (Wildman–Crippen MR) is 58.1 cm³/mol. The van der Waals surface area contributed by atoms with Crippen LogP contribution in [0.2, 0.25) is 0 Å². The van der Waals surface area contributed by atoms with Crippen LogP contribution in [0.3, 0.4) is 0 Å². The summed E-state index contributed by atoms with van der Waals surface area (Å²) in [6.07, 6.45) is 0.445. The van der Waals surface area contributed by atoms with Crippen LogP contribution in [0.5, 0.6) is 0 Å². The number of nitrogens with zero attached hydrogens (tertiary/aromatic N) is 1. The van der Waals surface area contributed by atoms with Crippen molar-refractivity contribution in [3.8, 4) is 0 Å². The maximum Gasteiger partial charge on any atom is 0.213 e. The van der Waals surface area contributed by atoms with Gasteiger partial charge in [-0.3, -0.25) is 0 Å². The third-order valence-corrected chi connectivity index (χ3v) is 4.08. The van der Waals surface area contributed by atoms with Crippen molar-refractivity contribution in [3.05, 3.63) is 0 Å². The minimum absolute atomic E-state index is 0.0762. The van der Waals surface area contributed by atoms with Crippen LogP contribution in [0.25, 0.3) is 0 Å². The fraction of sp³-hybridized carbons (Fsp3) is 1.00. The zero-order valence-electron chi connectivity index (χ0n) is 8.61. The van der Waals surface area contributed by atoms with Crippen molar-refractivity contribution in [2.45, 2.75) is 25.9 Å². The van der Waals surface area contributed by atoms with E-state index in [1.54, 1.807) is 6.92 Å². The fourth-order valence-corrected chi connectivity index (χ4v) is 2.40. The number of hydrogen-bond acceptors (Lipinski definition) is 3. The van der Waals surface area contributed by atoms with Gasteiger partial charge >= 0.3 is 0 Å². The lowest BCUT2D eigenvalue weighted by Crippen LogP contribution is -2.31. The van der Waals surface area contributed by atoms with Gasteiger partial charge in [0.1, 0.15) is 0 Å². The number of aliphatic hydroxyl groups is 1. The molecule has 86 valence electrons. The summed E-state index contributed by atoms with van der Waals surface area (Å²) in [6, 6.07) is 0. The third-order valence-electron chi connectivity index (χ3n) is 1.87. The number of sulfonamides is 1. The van der Waals surface area contributed by atoms with Crippen LogP contribution in [0, 0.1) is 0 Å². The molecule has 0 saturated heterocycles. The average molecular weight is 244 g/mol. The van der Waals surface area contributed by atoms with E-state index >= 15 is 0 Å². The summed E-state index contributed by atoms with van der Waals surface area (Å²) in [7, 11) is -1.66. The Morgan fingerprint density at radius 2 is 2.07 bits per heavy atom. The number of alkyl halides is 1. The topological polar surface area (TPSA) is 57.6 Å². The molecule has 0 aliphatic heterocycles. The Balaban J connectivity index is 4.01. The van der Waals surface area contributed by atoms with Gasteiger partial charge in [0, 0.05) is 19.5 Å². The highest BCUT2D eigenvalue weighted by atomic mass is 35.5. The molecule has 6 heteroatoms. The predicted octanol–water partition coefficient (Wildman–Crippen LogP) is 0.648. The van der Waals surface area contributed by atoms with Gasteiger partial charge in [0.2, 0.25) is 10.0 Å². The van der Waals surface area contributed by atoms with Crippen LogP contribution in [0.4, 0.5) is 0 Å². The van der Waals surface area contributed by atoms with Gasteiger partial charge in [-0.25, -0.2) is 12.7 Å². The zero-order valence-corrected chi connectivity index (χ0v) is 10.2. The molecule has 0 spiro atoms. The lowest BCUT2D eigenvalue weighted by Gasteiger charge is -2.17. The van der Waals surface area contributed by atoms with E-state index in [1.165, 1.54) is 11.4 Å². The Bertz CT molecular complexity index is 241. The van der Waals surface area contributed by atoms with Crippen LogP contribution in [0.15, 0.2) is 0 Å². The van der Waals surface area contributed by atoms with Crippen LogP contribution in [0.1, 0.15) is 19.8 Å². The zero-order chi connectivity index (χ0) is 11.2. The van der Waals surface area contributed by atoms with E-state index in [1.807, 2.05) is 0 Å². The largest absolute Gasteiger partial charge is 0.393 e. The number of rotatable bonds is 7. The number of hydrogen-bond donors (Lipinski definition) is 1. The first-order valence-corrected chi connectivity index (χ1v) is 6.72. The van der Waals surface area contributed by atoms with Gasteiger partial charge in [0.05, 0.1) is 11.9 Å². The maximum atomic E-state index is 11.5.